The number of piperazine rings is 1. The molecule has 1 unspecified atom stereocenters. The van der Waals surface area contributed by atoms with E-state index in [9.17, 15) is 48.7 Å². The summed E-state index contributed by atoms with van der Waals surface area (Å²) in [6, 6.07) is 5.96. The van der Waals surface area contributed by atoms with Gasteiger partial charge in [-0.2, -0.15) is 26.3 Å². The van der Waals surface area contributed by atoms with Crippen molar-refractivity contribution in [1.82, 2.24) is 14.7 Å². The molecule has 0 aromatic heterocycles. The topological polar surface area (TPSA) is 96.5 Å². The molecule has 0 radical (unpaired) electrons. The van der Waals surface area contributed by atoms with Gasteiger partial charge >= 0.3 is 18.4 Å². The molecule has 17 heteroatoms. The van der Waals surface area contributed by atoms with E-state index in [0.717, 1.165) is 43.5 Å². The number of hydrogen-bond donors (Lipinski definition) is 0. The molecule has 2 aliphatic rings. The van der Waals surface area contributed by atoms with Crippen molar-refractivity contribution in [1.29, 1.82) is 0 Å². The zero-order valence-corrected chi connectivity index (χ0v) is 25.6. The zero-order chi connectivity index (χ0) is 34.1. The monoisotopic (exact) mass is 683 g/mol. The fourth-order valence-corrected chi connectivity index (χ4v) is 7.91. The molecule has 0 bridgehead atoms. The van der Waals surface area contributed by atoms with Crippen LogP contribution in [0.3, 0.4) is 0 Å². The molecule has 1 atom stereocenters. The van der Waals surface area contributed by atoms with Crippen LogP contribution in [0, 0.1) is 5.82 Å². The molecule has 0 spiro atoms. The van der Waals surface area contributed by atoms with Gasteiger partial charge in [-0.15, -0.1) is 0 Å². The van der Waals surface area contributed by atoms with Gasteiger partial charge < -0.3 is 24.2 Å². The predicted molar refractivity (Wildman–Crippen MR) is 149 cm³/mol. The van der Waals surface area contributed by atoms with Crippen molar-refractivity contribution in [3.05, 3.63) is 65.5 Å². The minimum Gasteiger partial charge on any atom is -0.382 e. The van der Waals surface area contributed by atoms with Crippen molar-refractivity contribution >= 4 is 21.8 Å². The summed E-state index contributed by atoms with van der Waals surface area (Å²) >= 11 is 0. The molecule has 4 rings (SSSR count). The predicted octanol–water partition coefficient (Wildman–Crippen LogP) is 4.47. The summed E-state index contributed by atoms with van der Waals surface area (Å²) in [5.74, 6) is -0.917. The van der Waals surface area contributed by atoms with Crippen LogP contribution in [0.1, 0.15) is 24.5 Å². The number of halogens is 7. The van der Waals surface area contributed by atoms with Gasteiger partial charge in [0.05, 0.1) is 18.1 Å². The van der Waals surface area contributed by atoms with Crippen molar-refractivity contribution in [2.24, 2.45) is 0 Å². The average Bonchev–Trinajstić information content (AvgIpc) is 3.46. The fraction of sp³-hybridized carbons (Fsp3) is 0.517. The number of rotatable bonds is 8. The first-order valence-electron chi connectivity index (χ1n) is 14.1. The van der Waals surface area contributed by atoms with E-state index < -0.39 is 69.7 Å². The fourth-order valence-electron chi connectivity index (χ4n) is 5.83. The number of sulfone groups is 1. The van der Waals surface area contributed by atoms with E-state index in [-0.39, 0.29) is 55.5 Å². The highest BCUT2D eigenvalue weighted by Crippen LogP contribution is 2.53. The molecule has 46 heavy (non-hydrogen) atoms. The van der Waals surface area contributed by atoms with E-state index in [0.29, 0.717) is 12.1 Å². The number of hydrogen-bond acceptors (Lipinski definition) is 6. The Morgan fingerprint density at radius 1 is 0.804 bits per heavy atom. The maximum Gasteiger partial charge on any atom is 0.430 e. The summed E-state index contributed by atoms with van der Waals surface area (Å²) in [7, 11) is -3.46. The third-order valence-electron chi connectivity index (χ3n) is 8.36. The van der Waals surface area contributed by atoms with Gasteiger partial charge in [-0.05, 0) is 36.2 Å². The molecule has 0 aliphatic carbocycles. The number of nitrogens with zero attached hydrogens (tertiary/aromatic N) is 3. The Kier molecular flexibility index (Phi) is 10.00. The number of benzene rings is 2. The van der Waals surface area contributed by atoms with Gasteiger partial charge in [0.1, 0.15) is 10.6 Å². The molecule has 254 valence electrons. The van der Waals surface area contributed by atoms with Crippen molar-refractivity contribution in [3.8, 4) is 0 Å². The van der Waals surface area contributed by atoms with Crippen LogP contribution in [0.15, 0.2) is 53.4 Å². The van der Waals surface area contributed by atoms with Crippen LogP contribution in [-0.2, 0) is 34.5 Å². The third-order valence-corrected chi connectivity index (χ3v) is 10.8. The molecule has 2 heterocycles. The first kappa shape index (κ1) is 35.4. The van der Waals surface area contributed by atoms with E-state index >= 15 is 0 Å². The van der Waals surface area contributed by atoms with Gasteiger partial charge in [-0.1, -0.05) is 24.3 Å². The van der Waals surface area contributed by atoms with E-state index in [2.05, 4.69) is 9.47 Å². The highest BCUT2D eigenvalue weighted by molar-refractivity contribution is 7.92. The number of carbonyl (C=O) groups excluding carboxylic acids is 2. The lowest BCUT2D eigenvalue weighted by molar-refractivity contribution is -0.390. The van der Waals surface area contributed by atoms with Gasteiger partial charge in [0.25, 0.3) is 5.60 Å². The molecule has 2 aromatic carbocycles. The van der Waals surface area contributed by atoms with E-state index in [1.54, 1.807) is 4.90 Å². The Morgan fingerprint density at radius 3 is 1.85 bits per heavy atom. The van der Waals surface area contributed by atoms with Crippen LogP contribution in [0.2, 0.25) is 0 Å². The van der Waals surface area contributed by atoms with Crippen LogP contribution >= 0.6 is 0 Å². The molecule has 2 fully saturated rings. The Bertz CT molecular complexity index is 1500. The lowest BCUT2D eigenvalue weighted by Gasteiger charge is -2.38. The van der Waals surface area contributed by atoms with Crippen LogP contribution in [0.5, 0.6) is 0 Å². The zero-order valence-electron chi connectivity index (χ0n) is 24.8. The minimum atomic E-state index is -5.97. The lowest BCUT2D eigenvalue weighted by Crippen LogP contribution is -2.56. The number of alkyl halides is 6. The van der Waals surface area contributed by atoms with Gasteiger partial charge in [0.15, 0.2) is 9.84 Å². The maximum atomic E-state index is 14.2. The highest BCUT2D eigenvalue weighted by Gasteiger charge is 2.73. The second-order valence-electron chi connectivity index (χ2n) is 11.0. The Morgan fingerprint density at radius 2 is 1.35 bits per heavy atom. The maximum absolute atomic E-state index is 14.2. The molecule has 2 aliphatic heterocycles. The quantitative estimate of drug-likeness (QED) is 0.232. The van der Waals surface area contributed by atoms with E-state index in [1.807, 2.05) is 0 Å². The van der Waals surface area contributed by atoms with Crippen LogP contribution in [0.25, 0.3) is 0 Å². The van der Waals surface area contributed by atoms with Crippen molar-refractivity contribution in [3.63, 3.8) is 0 Å². The van der Waals surface area contributed by atoms with E-state index in [4.69, 9.17) is 0 Å². The SMILES string of the molecule is COCCOC(c1ccc(C2(S(=O)(=O)c3ccc(F)cc3)CCN(C(=O)N3CCN(C(C)=O)CC3)C2)cc1)(C(F)(F)F)C(F)(F)F. The Hall–Kier alpha value is -3.44. The standard InChI is InChI=1S/C29H32F7N3O6S/c1-20(40)37-13-15-38(16-14-37)25(41)39-12-11-26(19-39,46(42,43)24-9-7-23(30)8-10-24)21-3-5-22(6-4-21)27(28(31,32)33,29(34,35)36)45-18-17-44-2/h3-10H,11-19H2,1-2H3. The van der Waals surface area contributed by atoms with Crippen LogP contribution in [0.4, 0.5) is 35.5 Å². The number of amides is 3. The molecule has 0 saturated carbocycles. The normalized spacial score (nSPS) is 19.9. The molecular weight excluding hydrogens is 651 g/mol. The Labute approximate surface area is 260 Å². The van der Waals surface area contributed by atoms with E-state index in [1.165, 1.54) is 16.7 Å². The highest BCUT2D eigenvalue weighted by atomic mass is 32.2. The molecule has 3 amide bonds. The second-order valence-corrected chi connectivity index (χ2v) is 13.3. The van der Waals surface area contributed by atoms with Gasteiger partial charge in [0, 0.05) is 58.9 Å². The smallest absolute Gasteiger partial charge is 0.382 e. The summed E-state index contributed by atoms with van der Waals surface area (Å²) in [5.41, 5.74) is -6.26. The van der Waals surface area contributed by atoms with Crippen LogP contribution < -0.4 is 0 Å². The average molecular weight is 684 g/mol. The number of urea groups is 1. The summed E-state index contributed by atoms with van der Waals surface area (Å²) in [4.78, 5) is 29.0. The minimum absolute atomic E-state index is 0.122. The third kappa shape index (κ3) is 6.28. The van der Waals surface area contributed by atoms with Crippen molar-refractivity contribution in [2.45, 2.75) is 40.9 Å². The molecule has 0 N–H and O–H groups in total. The first-order chi connectivity index (χ1) is 21.4. The number of ether oxygens (including phenoxy) is 2. The van der Waals surface area contributed by atoms with Crippen molar-refractivity contribution < 1.29 is 58.2 Å². The molecule has 9 nitrogen and oxygen atoms in total. The van der Waals surface area contributed by atoms with Crippen molar-refractivity contribution in [2.75, 3.05) is 59.6 Å². The number of likely N-dealkylation sites (tertiary alicyclic amines) is 1. The Balaban J connectivity index is 1.77. The van der Waals surface area contributed by atoms with Gasteiger partial charge in [-0.3, -0.25) is 4.79 Å². The summed E-state index contributed by atoms with van der Waals surface area (Å²) in [5, 5.41) is 0. The first-order valence-corrected chi connectivity index (χ1v) is 15.6. The second kappa shape index (κ2) is 13.0. The molecule has 2 saturated heterocycles. The number of methoxy groups -OCH3 is 1. The van der Waals surface area contributed by atoms with Gasteiger partial charge in [0.2, 0.25) is 5.91 Å². The largest absolute Gasteiger partial charge is 0.430 e. The summed E-state index contributed by atoms with van der Waals surface area (Å²) in [6.07, 6.45) is -12.2. The van der Waals surface area contributed by atoms with Gasteiger partial charge in [-0.25, -0.2) is 17.6 Å². The summed E-state index contributed by atoms with van der Waals surface area (Å²) < 4.78 is 134. The summed E-state index contributed by atoms with van der Waals surface area (Å²) in [6.45, 7) is -0.0185. The lowest BCUT2D eigenvalue weighted by atomic mass is 9.88. The number of carbonyl (C=O) groups is 2. The van der Waals surface area contributed by atoms with Crippen LogP contribution in [-0.4, -0.2) is 107 Å². The molecule has 2 aromatic rings. The molecular formula is C29H32F7N3O6S.